The maximum absolute atomic E-state index is 12.9. The number of cyclic esters (lactones) is 1. The lowest BCUT2D eigenvalue weighted by molar-refractivity contribution is -0.00655. The summed E-state index contributed by atoms with van der Waals surface area (Å²) in [5.74, 6) is -0.837. The fourth-order valence-electron chi connectivity index (χ4n) is 1.69. The van der Waals surface area contributed by atoms with Gasteiger partial charge in [-0.1, -0.05) is 6.07 Å². The first-order valence-electron chi connectivity index (χ1n) is 4.50. The molecule has 0 atom stereocenters. The molecule has 0 N–H and O–H groups in total. The van der Waals surface area contributed by atoms with Crippen LogP contribution in [0.1, 0.15) is 29.8 Å². The highest BCUT2D eigenvalue weighted by Gasteiger charge is 2.32. The molecular weight excluding hydrogens is 183 g/mol. The van der Waals surface area contributed by atoms with Gasteiger partial charge in [0.1, 0.15) is 11.4 Å². The summed E-state index contributed by atoms with van der Waals surface area (Å²) in [5.41, 5.74) is 0.721. The quantitative estimate of drug-likeness (QED) is 0.592. The van der Waals surface area contributed by atoms with E-state index in [0.717, 1.165) is 5.56 Å². The van der Waals surface area contributed by atoms with Gasteiger partial charge in [-0.25, -0.2) is 9.18 Å². The van der Waals surface area contributed by atoms with Gasteiger partial charge in [-0.15, -0.1) is 0 Å². The molecule has 1 aromatic rings. The van der Waals surface area contributed by atoms with Crippen LogP contribution in [0.3, 0.4) is 0 Å². The first-order chi connectivity index (χ1) is 6.48. The van der Waals surface area contributed by atoms with Gasteiger partial charge >= 0.3 is 5.97 Å². The Labute approximate surface area is 81.7 Å². The van der Waals surface area contributed by atoms with Gasteiger partial charge in [-0.3, -0.25) is 0 Å². The topological polar surface area (TPSA) is 26.3 Å². The van der Waals surface area contributed by atoms with Crippen molar-refractivity contribution in [3.05, 3.63) is 35.1 Å². The Morgan fingerprint density at radius 2 is 2.14 bits per heavy atom. The van der Waals surface area contributed by atoms with Crippen molar-refractivity contribution in [3.63, 3.8) is 0 Å². The minimum atomic E-state index is -0.484. The number of fused-ring (bicyclic) bond motifs is 1. The molecule has 1 aromatic carbocycles. The third-order valence-electron chi connectivity index (χ3n) is 2.28. The van der Waals surface area contributed by atoms with E-state index in [4.69, 9.17) is 4.74 Å². The van der Waals surface area contributed by atoms with Crippen LogP contribution in [-0.4, -0.2) is 11.6 Å². The smallest absolute Gasteiger partial charge is 0.339 e. The van der Waals surface area contributed by atoms with Crippen molar-refractivity contribution < 1.29 is 13.9 Å². The predicted octanol–water partition coefficient (Wildman–Crippen LogP) is 2.32. The molecule has 0 spiro atoms. The van der Waals surface area contributed by atoms with E-state index in [9.17, 15) is 9.18 Å². The van der Waals surface area contributed by atoms with Gasteiger partial charge in [0, 0.05) is 6.42 Å². The average molecular weight is 194 g/mol. The molecule has 0 aliphatic carbocycles. The average Bonchev–Trinajstić information content (AvgIpc) is 2.05. The summed E-state index contributed by atoms with van der Waals surface area (Å²) >= 11 is 0. The van der Waals surface area contributed by atoms with Crippen LogP contribution in [0.2, 0.25) is 0 Å². The Bertz CT molecular complexity index is 396. The second-order valence-electron chi connectivity index (χ2n) is 4.13. The number of hydrogen-bond donors (Lipinski definition) is 0. The Kier molecular flexibility index (Phi) is 1.84. The minimum Gasteiger partial charge on any atom is -0.456 e. The van der Waals surface area contributed by atoms with Gasteiger partial charge in [0.25, 0.3) is 0 Å². The highest BCUT2D eigenvalue weighted by Crippen LogP contribution is 2.27. The van der Waals surface area contributed by atoms with E-state index in [-0.39, 0.29) is 0 Å². The van der Waals surface area contributed by atoms with Gasteiger partial charge in [0.05, 0.1) is 5.56 Å². The second kappa shape index (κ2) is 2.80. The molecule has 3 heteroatoms. The van der Waals surface area contributed by atoms with E-state index in [2.05, 4.69) is 0 Å². The van der Waals surface area contributed by atoms with Crippen LogP contribution in [0, 0.1) is 5.82 Å². The maximum atomic E-state index is 12.9. The zero-order valence-electron chi connectivity index (χ0n) is 8.13. The molecule has 1 heterocycles. The van der Waals surface area contributed by atoms with Crippen LogP contribution in [0.15, 0.2) is 18.2 Å². The van der Waals surface area contributed by atoms with E-state index in [1.54, 1.807) is 6.07 Å². The summed E-state index contributed by atoms with van der Waals surface area (Å²) in [6.45, 7) is 3.69. The highest BCUT2D eigenvalue weighted by molar-refractivity contribution is 5.92. The van der Waals surface area contributed by atoms with Crippen LogP contribution >= 0.6 is 0 Å². The van der Waals surface area contributed by atoms with E-state index in [1.165, 1.54) is 12.1 Å². The van der Waals surface area contributed by atoms with E-state index >= 15 is 0 Å². The molecular formula is C11H11FO2. The van der Waals surface area contributed by atoms with Gasteiger partial charge in [0.15, 0.2) is 0 Å². The lowest BCUT2D eigenvalue weighted by Gasteiger charge is -2.30. The summed E-state index contributed by atoms with van der Waals surface area (Å²) in [5, 5.41) is 0. The molecule has 0 bridgehead atoms. The van der Waals surface area contributed by atoms with Crippen molar-refractivity contribution in [1.82, 2.24) is 0 Å². The number of esters is 1. The summed E-state index contributed by atoms with van der Waals surface area (Å²) in [7, 11) is 0. The molecule has 0 unspecified atom stereocenters. The zero-order valence-corrected chi connectivity index (χ0v) is 8.13. The minimum absolute atomic E-state index is 0.351. The van der Waals surface area contributed by atoms with Crippen LogP contribution in [0.5, 0.6) is 0 Å². The summed E-state index contributed by atoms with van der Waals surface area (Å²) < 4.78 is 18.0. The fraction of sp³-hybridized carbons (Fsp3) is 0.364. The molecule has 0 saturated heterocycles. The Morgan fingerprint density at radius 1 is 1.43 bits per heavy atom. The SMILES string of the molecule is CC1(C)Cc2ccc(F)cc2C(=O)O1. The van der Waals surface area contributed by atoms with Crippen LogP contribution in [0.25, 0.3) is 0 Å². The van der Waals surface area contributed by atoms with Crippen molar-refractivity contribution in [3.8, 4) is 0 Å². The molecule has 74 valence electrons. The lowest BCUT2D eigenvalue weighted by Crippen LogP contribution is -2.35. The Morgan fingerprint density at radius 3 is 2.86 bits per heavy atom. The van der Waals surface area contributed by atoms with E-state index in [0.29, 0.717) is 12.0 Å². The maximum Gasteiger partial charge on any atom is 0.339 e. The lowest BCUT2D eigenvalue weighted by atomic mass is 9.91. The molecule has 0 fully saturated rings. The number of carbonyl (C=O) groups is 1. The molecule has 0 aromatic heterocycles. The number of carbonyl (C=O) groups excluding carboxylic acids is 1. The molecule has 2 rings (SSSR count). The van der Waals surface area contributed by atoms with E-state index < -0.39 is 17.4 Å². The van der Waals surface area contributed by atoms with E-state index in [1.807, 2.05) is 13.8 Å². The third-order valence-corrected chi connectivity index (χ3v) is 2.28. The highest BCUT2D eigenvalue weighted by atomic mass is 19.1. The fourth-order valence-corrected chi connectivity index (χ4v) is 1.69. The van der Waals surface area contributed by atoms with Gasteiger partial charge in [0.2, 0.25) is 0 Å². The normalized spacial score (nSPS) is 18.6. The van der Waals surface area contributed by atoms with Crippen molar-refractivity contribution in [2.75, 3.05) is 0 Å². The van der Waals surface area contributed by atoms with Crippen molar-refractivity contribution in [2.24, 2.45) is 0 Å². The third kappa shape index (κ3) is 1.50. The number of rotatable bonds is 0. The van der Waals surface area contributed by atoms with Crippen molar-refractivity contribution in [2.45, 2.75) is 25.9 Å². The molecule has 1 aliphatic rings. The second-order valence-corrected chi connectivity index (χ2v) is 4.13. The standard InChI is InChI=1S/C11H11FO2/c1-11(2)6-7-3-4-8(12)5-9(7)10(13)14-11/h3-5H,6H2,1-2H3. The summed E-state index contributed by atoms with van der Waals surface area (Å²) in [4.78, 5) is 11.5. The summed E-state index contributed by atoms with van der Waals surface area (Å²) in [6, 6.07) is 4.24. The molecule has 1 aliphatic heterocycles. The number of benzene rings is 1. The zero-order chi connectivity index (χ0) is 10.3. The van der Waals surface area contributed by atoms with Crippen LogP contribution in [0.4, 0.5) is 4.39 Å². The first-order valence-corrected chi connectivity index (χ1v) is 4.50. The largest absolute Gasteiger partial charge is 0.456 e. The first kappa shape index (κ1) is 9.19. The van der Waals surface area contributed by atoms with Crippen molar-refractivity contribution >= 4 is 5.97 Å². The van der Waals surface area contributed by atoms with Crippen LogP contribution < -0.4 is 0 Å². The molecule has 14 heavy (non-hydrogen) atoms. The van der Waals surface area contributed by atoms with Gasteiger partial charge < -0.3 is 4.74 Å². The Hall–Kier alpha value is -1.38. The van der Waals surface area contributed by atoms with Gasteiger partial charge in [-0.05, 0) is 31.5 Å². The molecule has 0 radical (unpaired) electrons. The van der Waals surface area contributed by atoms with Crippen molar-refractivity contribution in [1.29, 1.82) is 0 Å². The number of ether oxygens (including phenoxy) is 1. The Balaban J connectivity index is 2.50. The molecule has 0 saturated carbocycles. The monoisotopic (exact) mass is 194 g/mol. The molecule has 2 nitrogen and oxygen atoms in total. The number of hydrogen-bond acceptors (Lipinski definition) is 2. The molecule has 0 amide bonds. The van der Waals surface area contributed by atoms with Gasteiger partial charge in [-0.2, -0.15) is 0 Å². The number of halogens is 1. The van der Waals surface area contributed by atoms with Crippen LogP contribution in [-0.2, 0) is 11.2 Å². The summed E-state index contributed by atoms with van der Waals surface area (Å²) in [6.07, 6.45) is 0.633. The predicted molar refractivity (Wildman–Crippen MR) is 49.6 cm³/mol.